The molecule has 0 unspecified atom stereocenters. The number of carbonyl (C=O) groups is 1. The fourth-order valence-corrected chi connectivity index (χ4v) is 4.08. The summed E-state index contributed by atoms with van der Waals surface area (Å²) in [5.74, 6) is 0.698. The molecule has 0 aromatic heterocycles. The van der Waals surface area contributed by atoms with E-state index >= 15 is 0 Å². The summed E-state index contributed by atoms with van der Waals surface area (Å²) in [6.45, 7) is 14.7. The molecule has 2 fully saturated rings. The van der Waals surface area contributed by atoms with Crippen LogP contribution in [0.2, 0.25) is 0 Å². The zero-order chi connectivity index (χ0) is 19.3. The summed E-state index contributed by atoms with van der Waals surface area (Å²) in [6.07, 6.45) is 2.00. The number of benzene rings is 1. The second-order valence-electron chi connectivity index (χ2n) is 8.93. The SMILES string of the molecule is CC(C)(C)N1CCN(CC2CCN(C(=O)OCc3ccccc3)CC2)CC1. The van der Waals surface area contributed by atoms with Crippen molar-refractivity contribution in [3.8, 4) is 0 Å². The van der Waals surface area contributed by atoms with Crippen LogP contribution in [0.15, 0.2) is 30.3 Å². The molecule has 2 saturated heterocycles. The summed E-state index contributed by atoms with van der Waals surface area (Å²) < 4.78 is 5.47. The topological polar surface area (TPSA) is 36.0 Å². The minimum absolute atomic E-state index is 0.170. The number of nitrogens with zero attached hydrogens (tertiary/aromatic N) is 3. The van der Waals surface area contributed by atoms with Crippen LogP contribution in [-0.4, -0.2) is 72.1 Å². The van der Waals surface area contributed by atoms with E-state index < -0.39 is 0 Å². The van der Waals surface area contributed by atoms with E-state index in [1.54, 1.807) is 0 Å². The van der Waals surface area contributed by atoms with Crippen molar-refractivity contribution in [2.75, 3.05) is 45.8 Å². The maximum atomic E-state index is 12.3. The van der Waals surface area contributed by atoms with Gasteiger partial charge >= 0.3 is 6.09 Å². The highest BCUT2D eigenvalue weighted by molar-refractivity contribution is 5.67. The fourth-order valence-electron chi connectivity index (χ4n) is 4.08. The molecule has 1 aromatic carbocycles. The summed E-state index contributed by atoms with van der Waals surface area (Å²) in [5, 5.41) is 0. The predicted octanol–water partition coefficient (Wildman–Crippen LogP) is 3.45. The van der Waals surface area contributed by atoms with Gasteiger partial charge in [-0.3, -0.25) is 4.90 Å². The van der Waals surface area contributed by atoms with Crippen LogP contribution < -0.4 is 0 Å². The number of hydrogen-bond donors (Lipinski definition) is 0. The van der Waals surface area contributed by atoms with Gasteiger partial charge in [-0.05, 0) is 45.1 Å². The van der Waals surface area contributed by atoms with Crippen molar-refractivity contribution in [2.24, 2.45) is 5.92 Å². The third kappa shape index (κ3) is 5.94. The number of hydrogen-bond acceptors (Lipinski definition) is 4. The van der Waals surface area contributed by atoms with E-state index in [2.05, 4.69) is 30.6 Å². The Bertz CT molecular complexity index is 583. The zero-order valence-corrected chi connectivity index (χ0v) is 17.2. The lowest BCUT2D eigenvalue weighted by atomic mass is 9.96. The second kappa shape index (κ2) is 9.07. The van der Waals surface area contributed by atoms with Crippen molar-refractivity contribution >= 4 is 6.09 Å². The number of amides is 1. The molecule has 1 aromatic rings. The largest absolute Gasteiger partial charge is 0.445 e. The Morgan fingerprint density at radius 1 is 1.00 bits per heavy atom. The van der Waals surface area contributed by atoms with E-state index in [9.17, 15) is 4.79 Å². The number of piperazine rings is 1. The average molecular weight is 374 g/mol. The molecule has 0 bridgehead atoms. The van der Waals surface area contributed by atoms with Gasteiger partial charge in [-0.2, -0.15) is 0 Å². The summed E-state index contributed by atoms with van der Waals surface area (Å²) in [6, 6.07) is 9.88. The van der Waals surface area contributed by atoms with Crippen molar-refractivity contribution < 1.29 is 9.53 Å². The number of likely N-dealkylation sites (tertiary alicyclic amines) is 1. The Labute approximate surface area is 164 Å². The van der Waals surface area contributed by atoms with Crippen LogP contribution in [-0.2, 0) is 11.3 Å². The number of piperidine rings is 1. The molecule has 3 rings (SSSR count). The first kappa shape index (κ1) is 20.2. The molecule has 0 radical (unpaired) electrons. The first-order chi connectivity index (χ1) is 12.9. The third-order valence-electron chi connectivity index (χ3n) is 5.92. The highest BCUT2D eigenvalue weighted by Gasteiger charge is 2.29. The Morgan fingerprint density at radius 3 is 2.22 bits per heavy atom. The maximum absolute atomic E-state index is 12.3. The van der Waals surface area contributed by atoms with E-state index in [0.29, 0.717) is 12.5 Å². The van der Waals surface area contributed by atoms with E-state index in [1.807, 2.05) is 35.2 Å². The van der Waals surface area contributed by atoms with Gasteiger partial charge in [0.1, 0.15) is 6.61 Å². The van der Waals surface area contributed by atoms with Crippen LogP contribution in [0.25, 0.3) is 0 Å². The molecule has 27 heavy (non-hydrogen) atoms. The van der Waals surface area contributed by atoms with Crippen LogP contribution in [0, 0.1) is 5.92 Å². The average Bonchev–Trinajstić information content (AvgIpc) is 2.67. The van der Waals surface area contributed by atoms with Gasteiger partial charge in [-0.25, -0.2) is 4.79 Å². The van der Waals surface area contributed by atoms with Crippen molar-refractivity contribution in [2.45, 2.75) is 45.8 Å². The van der Waals surface area contributed by atoms with Gasteiger partial charge in [0.15, 0.2) is 0 Å². The van der Waals surface area contributed by atoms with Crippen LogP contribution in [0.1, 0.15) is 39.2 Å². The van der Waals surface area contributed by atoms with Gasteiger partial charge in [0.25, 0.3) is 0 Å². The zero-order valence-electron chi connectivity index (χ0n) is 17.2. The first-order valence-electron chi connectivity index (χ1n) is 10.3. The fraction of sp³-hybridized carbons (Fsp3) is 0.682. The second-order valence-corrected chi connectivity index (χ2v) is 8.93. The lowest BCUT2D eigenvalue weighted by Gasteiger charge is -2.43. The van der Waals surface area contributed by atoms with Crippen molar-refractivity contribution in [1.29, 1.82) is 0 Å². The van der Waals surface area contributed by atoms with Crippen molar-refractivity contribution in [3.63, 3.8) is 0 Å². The van der Waals surface area contributed by atoms with Crippen LogP contribution >= 0.6 is 0 Å². The Morgan fingerprint density at radius 2 is 1.63 bits per heavy atom. The highest BCUT2D eigenvalue weighted by Crippen LogP contribution is 2.21. The summed E-state index contributed by atoms with van der Waals surface area (Å²) in [5.41, 5.74) is 1.31. The molecule has 2 heterocycles. The van der Waals surface area contributed by atoms with E-state index in [1.165, 1.54) is 6.54 Å². The lowest BCUT2D eigenvalue weighted by molar-refractivity contribution is 0.0448. The molecule has 0 saturated carbocycles. The molecule has 0 aliphatic carbocycles. The van der Waals surface area contributed by atoms with E-state index in [-0.39, 0.29) is 11.6 Å². The Hall–Kier alpha value is -1.59. The summed E-state index contributed by atoms with van der Waals surface area (Å²) in [7, 11) is 0. The number of ether oxygens (including phenoxy) is 1. The van der Waals surface area contributed by atoms with Gasteiger partial charge in [-0.1, -0.05) is 30.3 Å². The maximum Gasteiger partial charge on any atom is 0.410 e. The number of rotatable bonds is 4. The minimum atomic E-state index is -0.170. The van der Waals surface area contributed by atoms with Gasteiger partial charge in [0, 0.05) is 51.4 Å². The van der Waals surface area contributed by atoms with E-state index in [0.717, 1.165) is 57.7 Å². The predicted molar refractivity (Wildman–Crippen MR) is 109 cm³/mol. The van der Waals surface area contributed by atoms with Gasteiger partial charge in [0.05, 0.1) is 0 Å². The van der Waals surface area contributed by atoms with Crippen molar-refractivity contribution in [1.82, 2.24) is 14.7 Å². The molecule has 0 spiro atoms. The van der Waals surface area contributed by atoms with E-state index in [4.69, 9.17) is 4.74 Å². The highest BCUT2D eigenvalue weighted by atomic mass is 16.6. The van der Waals surface area contributed by atoms with Gasteiger partial charge in [-0.15, -0.1) is 0 Å². The molecule has 150 valence electrons. The van der Waals surface area contributed by atoms with Crippen molar-refractivity contribution in [3.05, 3.63) is 35.9 Å². The summed E-state index contributed by atoms with van der Waals surface area (Å²) >= 11 is 0. The molecule has 2 aliphatic heterocycles. The Kier molecular flexibility index (Phi) is 6.77. The van der Waals surface area contributed by atoms with Gasteiger partial charge < -0.3 is 14.5 Å². The molecule has 0 N–H and O–H groups in total. The normalized spacial score (nSPS) is 20.6. The smallest absolute Gasteiger partial charge is 0.410 e. The molecule has 5 nitrogen and oxygen atoms in total. The first-order valence-corrected chi connectivity index (χ1v) is 10.3. The third-order valence-corrected chi connectivity index (χ3v) is 5.92. The minimum Gasteiger partial charge on any atom is -0.445 e. The molecular formula is C22H35N3O2. The molecule has 1 amide bonds. The van der Waals surface area contributed by atoms with Crippen LogP contribution in [0.3, 0.4) is 0 Å². The molecule has 0 atom stereocenters. The van der Waals surface area contributed by atoms with Gasteiger partial charge in [0.2, 0.25) is 0 Å². The number of carbonyl (C=O) groups excluding carboxylic acids is 1. The Balaban J connectivity index is 1.35. The lowest BCUT2D eigenvalue weighted by Crippen LogP contribution is -2.54. The monoisotopic (exact) mass is 373 g/mol. The quantitative estimate of drug-likeness (QED) is 0.810. The molecule has 5 heteroatoms. The molecule has 2 aliphatic rings. The molecular weight excluding hydrogens is 338 g/mol. The summed E-state index contributed by atoms with van der Waals surface area (Å²) in [4.78, 5) is 19.3. The standard InChI is InChI=1S/C22H35N3O2/c1-22(2,3)25-15-13-23(14-16-25)17-19-9-11-24(12-10-19)21(26)27-18-20-7-5-4-6-8-20/h4-8,19H,9-18H2,1-3H3. The van der Waals surface area contributed by atoms with Crippen LogP contribution in [0.4, 0.5) is 4.79 Å². The van der Waals surface area contributed by atoms with Crippen LogP contribution in [0.5, 0.6) is 0 Å².